The first kappa shape index (κ1) is 20.0. The number of benzene rings is 1. The second-order valence-electron chi connectivity index (χ2n) is 7.62. The molecule has 4 heterocycles. The first-order valence-corrected chi connectivity index (χ1v) is 10.5. The van der Waals surface area contributed by atoms with Crippen molar-refractivity contribution in [3.05, 3.63) is 53.5 Å². The van der Waals surface area contributed by atoms with Gasteiger partial charge in [-0.05, 0) is 31.5 Å². The van der Waals surface area contributed by atoms with Gasteiger partial charge in [0.15, 0.2) is 23.0 Å². The van der Waals surface area contributed by atoms with Crippen molar-refractivity contribution in [2.24, 2.45) is 0 Å². The highest BCUT2D eigenvalue weighted by atomic mass is 16.5. The third-order valence-corrected chi connectivity index (χ3v) is 5.52. The number of para-hydroxylation sites is 1. The summed E-state index contributed by atoms with van der Waals surface area (Å²) < 4.78 is 14.8. The number of aryl methyl sites for hydroxylation is 1. The molecule has 1 aliphatic heterocycles. The number of methoxy groups -OCH3 is 1. The van der Waals surface area contributed by atoms with Gasteiger partial charge in [-0.3, -0.25) is 4.79 Å². The zero-order valence-corrected chi connectivity index (χ0v) is 18.1. The number of amides is 1. The monoisotopic (exact) mass is 433 g/mol. The molecule has 1 aliphatic rings. The second-order valence-corrected chi connectivity index (χ2v) is 7.62. The zero-order chi connectivity index (χ0) is 22.2. The Kier molecular flexibility index (Phi) is 4.96. The van der Waals surface area contributed by atoms with Gasteiger partial charge in [-0.2, -0.15) is 14.3 Å². The van der Waals surface area contributed by atoms with Gasteiger partial charge in [0.25, 0.3) is 0 Å². The number of carbonyl (C=O) groups is 1. The zero-order valence-electron chi connectivity index (χ0n) is 18.1. The van der Waals surface area contributed by atoms with Crippen LogP contribution in [0.3, 0.4) is 0 Å². The molecule has 1 aromatic carbocycles. The van der Waals surface area contributed by atoms with E-state index in [0.717, 1.165) is 23.2 Å². The molecule has 0 unspecified atom stereocenters. The first-order chi connectivity index (χ1) is 15.6. The van der Waals surface area contributed by atoms with E-state index in [4.69, 9.17) is 14.6 Å². The average Bonchev–Trinajstić information content (AvgIpc) is 3.40. The van der Waals surface area contributed by atoms with E-state index in [9.17, 15) is 4.79 Å². The van der Waals surface area contributed by atoms with Crippen molar-refractivity contribution in [3.8, 4) is 17.3 Å². The fourth-order valence-corrected chi connectivity index (χ4v) is 4.14. The highest BCUT2D eigenvalue weighted by Gasteiger charge is 2.35. The third-order valence-electron chi connectivity index (χ3n) is 5.52. The molecular weight excluding hydrogens is 410 g/mol. The normalized spacial score (nSPS) is 15.5. The van der Waals surface area contributed by atoms with Crippen molar-refractivity contribution < 1.29 is 14.3 Å². The molecule has 10 nitrogen and oxygen atoms in total. The topological polar surface area (TPSA) is 108 Å². The molecule has 0 spiro atoms. The standard InChI is InChI=1S/C22H23N7O3/c1-4-10-32-21-14(6-5-7-16(21)31-3)15-11-19(30)24-22-20(15)13(2)26-29(22)18-9-8-17-25-23-12-28(17)27-18/h5-9,12,15H,4,10-11H2,1-3H3,(H,24,30)/t15-/m0/s1. The number of carbonyl (C=O) groups excluding carboxylic acids is 1. The molecule has 3 aromatic heterocycles. The van der Waals surface area contributed by atoms with Gasteiger partial charge in [0.05, 0.1) is 19.4 Å². The van der Waals surface area contributed by atoms with Crippen molar-refractivity contribution in [1.29, 1.82) is 0 Å². The van der Waals surface area contributed by atoms with E-state index >= 15 is 0 Å². The largest absolute Gasteiger partial charge is 0.493 e. The summed E-state index contributed by atoms with van der Waals surface area (Å²) in [6.07, 6.45) is 2.67. The van der Waals surface area contributed by atoms with Crippen LogP contribution in [0.4, 0.5) is 5.82 Å². The number of hydrogen-bond donors (Lipinski definition) is 1. The summed E-state index contributed by atoms with van der Waals surface area (Å²) in [6, 6.07) is 9.37. The van der Waals surface area contributed by atoms with Gasteiger partial charge >= 0.3 is 0 Å². The fourth-order valence-electron chi connectivity index (χ4n) is 4.14. The summed E-state index contributed by atoms with van der Waals surface area (Å²) in [7, 11) is 1.62. The summed E-state index contributed by atoms with van der Waals surface area (Å²) >= 11 is 0. The van der Waals surface area contributed by atoms with Crippen LogP contribution in [0.15, 0.2) is 36.7 Å². The minimum atomic E-state index is -0.229. The van der Waals surface area contributed by atoms with E-state index in [-0.39, 0.29) is 18.2 Å². The van der Waals surface area contributed by atoms with Crippen molar-refractivity contribution >= 4 is 17.4 Å². The molecule has 164 valence electrons. The lowest BCUT2D eigenvalue weighted by molar-refractivity contribution is -0.116. The van der Waals surface area contributed by atoms with Crippen LogP contribution >= 0.6 is 0 Å². The SMILES string of the molecule is CCCOc1c(OC)cccc1[C@@H]1CC(=O)Nc2c1c(C)nn2-c1ccc2nncn2n1. The Morgan fingerprint density at radius 1 is 1.22 bits per heavy atom. The number of hydrogen-bond acceptors (Lipinski definition) is 7. The van der Waals surface area contributed by atoms with Gasteiger partial charge in [0.1, 0.15) is 12.1 Å². The van der Waals surface area contributed by atoms with E-state index in [2.05, 4.69) is 27.5 Å². The van der Waals surface area contributed by atoms with E-state index in [1.54, 1.807) is 28.4 Å². The lowest BCUT2D eigenvalue weighted by atomic mass is 9.85. The summed E-state index contributed by atoms with van der Waals surface area (Å²) in [5.74, 6) is 2.14. The van der Waals surface area contributed by atoms with Crippen LogP contribution in [0.25, 0.3) is 11.5 Å². The fraction of sp³-hybridized carbons (Fsp3) is 0.318. The van der Waals surface area contributed by atoms with E-state index in [1.165, 1.54) is 6.33 Å². The Morgan fingerprint density at radius 2 is 2.09 bits per heavy atom. The molecule has 0 saturated heterocycles. The average molecular weight is 433 g/mol. The van der Waals surface area contributed by atoms with E-state index < -0.39 is 0 Å². The van der Waals surface area contributed by atoms with Crippen LogP contribution in [-0.4, -0.2) is 49.2 Å². The van der Waals surface area contributed by atoms with E-state index in [0.29, 0.717) is 35.4 Å². The van der Waals surface area contributed by atoms with Crippen molar-refractivity contribution in [1.82, 2.24) is 29.6 Å². The molecule has 0 saturated carbocycles. The Balaban J connectivity index is 1.66. The van der Waals surface area contributed by atoms with Gasteiger partial charge in [-0.15, -0.1) is 15.3 Å². The Labute approximate surface area is 184 Å². The smallest absolute Gasteiger partial charge is 0.226 e. The summed E-state index contributed by atoms with van der Waals surface area (Å²) in [5.41, 5.74) is 3.27. The quantitative estimate of drug-likeness (QED) is 0.498. The highest BCUT2D eigenvalue weighted by molar-refractivity contribution is 5.95. The number of rotatable bonds is 6. The van der Waals surface area contributed by atoms with Crippen LogP contribution in [-0.2, 0) is 4.79 Å². The molecule has 32 heavy (non-hydrogen) atoms. The van der Waals surface area contributed by atoms with Crippen LogP contribution in [0.1, 0.15) is 42.5 Å². The lowest BCUT2D eigenvalue weighted by Crippen LogP contribution is -2.25. The van der Waals surface area contributed by atoms with Crippen LogP contribution < -0.4 is 14.8 Å². The van der Waals surface area contributed by atoms with Gasteiger partial charge in [-0.1, -0.05) is 19.1 Å². The molecule has 0 radical (unpaired) electrons. The van der Waals surface area contributed by atoms with Crippen LogP contribution in [0.2, 0.25) is 0 Å². The number of fused-ring (bicyclic) bond motifs is 2. The number of anilines is 1. The Hall–Kier alpha value is -3.95. The minimum absolute atomic E-state index is 0.0988. The predicted octanol–water partition coefficient (Wildman–Crippen LogP) is 2.89. The molecule has 1 N–H and O–H groups in total. The van der Waals surface area contributed by atoms with Crippen molar-refractivity contribution in [2.75, 3.05) is 19.0 Å². The summed E-state index contributed by atoms with van der Waals surface area (Å²) in [6.45, 7) is 4.54. The molecule has 0 fully saturated rings. The number of nitrogens with zero attached hydrogens (tertiary/aromatic N) is 6. The molecule has 1 atom stereocenters. The molecule has 1 amide bonds. The lowest BCUT2D eigenvalue weighted by Gasteiger charge is -2.26. The third kappa shape index (κ3) is 3.24. The van der Waals surface area contributed by atoms with Gasteiger partial charge in [0, 0.05) is 23.5 Å². The summed E-state index contributed by atoms with van der Waals surface area (Å²) in [5, 5.41) is 20.1. The highest BCUT2D eigenvalue weighted by Crippen LogP contribution is 2.45. The number of nitrogens with one attached hydrogen (secondary N) is 1. The Morgan fingerprint density at radius 3 is 2.91 bits per heavy atom. The minimum Gasteiger partial charge on any atom is -0.493 e. The maximum absolute atomic E-state index is 12.8. The Bertz CT molecular complexity index is 1310. The molecular formula is C22H23N7O3. The van der Waals surface area contributed by atoms with Crippen LogP contribution in [0.5, 0.6) is 11.5 Å². The maximum atomic E-state index is 12.8. The molecule has 0 bridgehead atoms. The second kappa shape index (κ2) is 7.95. The molecule has 4 aromatic rings. The molecule has 10 heteroatoms. The van der Waals surface area contributed by atoms with E-state index in [1.807, 2.05) is 25.1 Å². The van der Waals surface area contributed by atoms with Gasteiger partial charge < -0.3 is 14.8 Å². The first-order valence-electron chi connectivity index (χ1n) is 10.5. The van der Waals surface area contributed by atoms with Crippen LogP contribution in [0, 0.1) is 6.92 Å². The predicted molar refractivity (Wildman–Crippen MR) is 117 cm³/mol. The number of aromatic nitrogens is 6. The van der Waals surface area contributed by atoms with Crippen molar-refractivity contribution in [2.45, 2.75) is 32.6 Å². The molecule has 0 aliphatic carbocycles. The van der Waals surface area contributed by atoms with Crippen molar-refractivity contribution in [3.63, 3.8) is 0 Å². The van der Waals surface area contributed by atoms with Gasteiger partial charge in [-0.25, -0.2) is 0 Å². The van der Waals surface area contributed by atoms with Gasteiger partial charge in [0.2, 0.25) is 5.91 Å². The molecule has 5 rings (SSSR count). The summed E-state index contributed by atoms with van der Waals surface area (Å²) in [4.78, 5) is 12.8. The maximum Gasteiger partial charge on any atom is 0.226 e. The number of ether oxygens (including phenoxy) is 2.